The van der Waals surface area contributed by atoms with Gasteiger partial charge in [-0.3, -0.25) is 9.59 Å². The number of hydrogen-bond acceptors (Lipinski definition) is 4. The average Bonchev–Trinajstić information content (AvgIpc) is 2.22. The van der Waals surface area contributed by atoms with Crippen LogP contribution in [0.4, 0.5) is 0 Å². The van der Waals surface area contributed by atoms with Crippen LogP contribution in [0.3, 0.4) is 0 Å². The normalized spacial score (nSPS) is 11.0. The molecule has 0 bridgehead atoms. The molecule has 21 heavy (non-hydrogen) atoms. The van der Waals surface area contributed by atoms with E-state index in [2.05, 4.69) is 0 Å². The number of carboxylic acid groups (broad SMARTS) is 2. The molecule has 2 N–H and O–H groups in total. The van der Waals surface area contributed by atoms with Gasteiger partial charge in [0.15, 0.2) is 0 Å². The molecule has 0 saturated carbocycles. The lowest BCUT2D eigenvalue weighted by molar-refractivity contribution is -0.144. The van der Waals surface area contributed by atoms with E-state index in [9.17, 15) is 9.59 Å². The van der Waals surface area contributed by atoms with Gasteiger partial charge in [-0.25, -0.2) is 0 Å². The van der Waals surface area contributed by atoms with Crippen LogP contribution in [-0.4, -0.2) is 73.2 Å². The van der Waals surface area contributed by atoms with Gasteiger partial charge < -0.3 is 20.0 Å². The van der Waals surface area contributed by atoms with Crippen LogP contribution in [0.5, 0.6) is 0 Å². The van der Waals surface area contributed by atoms with Crippen LogP contribution in [0.25, 0.3) is 0 Å². The van der Waals surface area contributed by atoms with Crippen molar-refractivity contribution < 1.29 is 19.8 Å². The summed E-state index contributed by atoms with van der Waals surface area (Å²) >= 11 is 0. The highest BCUT2D eigenvalue weighted by molar-refractivity contribution is 5.85. The maximum atomic E-state index is 11.1. The summed E-state index contributed by atoms with van der Waals surface area (Å²) in [5.41, 5.74) is -0.674. The molecule has 0 aromatic carbocycles. The highest BCUT2D eigenvalue weighted by Gasteiger charge is 2.35. The molecule has 0 aliphatic heterocycles. The van der Waals surface area contributed by atoms with Crippen molar-refractivity contribution in [2.45, 2.75) is 25.7 Å². The van der Waals surface area contributed by atoms with Crippen LogP contribution < -0.4 is 0 Å². The number of rotatable bonds is 10. The topological polar surface area (TPSA) is 81.1 Å². The summed E-state index contributed by atoms with van der Waals surface area (Å²) in [7, 11) is 7.60. The number of aliphatic carboxylic acids is 2. The number of carboxylic acids is 2. The van der Waals surface area contributed by atoms with Gasteiger partial charge in [-0.2, -0.15) is 0 Å². The Morgan fingerprint density at radius 1 is 0.810 bits per heavy atom. The van der Waals surface area contributed by atoms with Gasteiger partial charge in [0.25, 0.3) is 0 Å². The largest absolute Gasteiger partial charge is 0.481 e. The van der Waals surface area contributed by atoms with Crippen LogP contribution in [0.1, 0.15) is 25.7 Å². The van der Waals surface area contributed by atoms with Gasteiger partial charge in [0.2, 0.25) is 0 Å². The lowest BCUT2D eigenvalue weighted by atomic mass is 9.75. The third-order valence-corrected chi connectivity index (χ3v) is 3.23. The quantitative estimate of drug-likeness (QED) is 0.626. The van der Waals surface area contributed by atoms with Gasteiger partial charge >= 0.3 is 11.9 Å². The molecule has 0 heterocycles. The van der Waals surface area contributed by atoms with Gasteiger partial charge in [-0.15, -0.1) is 24.8 Å². The summed E-state index contributed by atoms with van der Waals surface area (Å²) < 4.78 is 0. The summed E-state index contributed by atoms with van der Waals surface area (Å²) in [6.45, 7) is 1.38. The first kappa shape index (κ1) is 25.4. The van der Waals surface area contributed by atoms with E-state index in [0.717, 1.165) is 0 Å². The van der Waals surface area contributed by atoms with E-state index >= 15 is 0 Å². The highest BCUT2D eigenvalue weighted by atomic mass is 35.5. The average molecular weight is 347 g/mol. The van der Waals surface area contributed by atoms with Crippen molar-refractivity contribution in [3.63, 3.8) is 0 Å². The SMILES string of the molecule is CN(C)CCC(CCN(C)C)(CC(=O)O)CC(=O)O.Cl.Cl. The third-order valence-electron chi connectivity index (χ3n) is 3.23. The molecule has 0 aliphatic rings. The molecule has 0 radical (unpaired) electrons. The van der Waals surface area contributed by atoms with Crippen LogP contribution in [0, 0.1) is 5.41 Å². The van der Waals surface area contributed by atoms with E-state index < -0.39 is 17.4 Å². The Kier molecular flexibility index (Phi) is 14.6. The van der Waals surface area contributed by atoms with E-state index in [-0.39, 0.29) is 37.7 Å². The minimum Gasteiger partial charge on any atom is -0.481 e. The Labute approximate surface area is 139 Å². The summed E-state index contributed by atoms with van der Waals surface area (Å²) in [5, 5.41) is 18.1. The second kappa shape index (κ2) is 12.0. The molecule has 0 saturated heterocycles. The van der Waals surface area contributed by atoms with Crippen LogP contribution >= 0.6 is 24.8 Å². The van der Waals surface area contributed by atoms with Crippen LogP contribution in [0.2, 0.25) is 0 Å². The summed E-state index contributed by atoms with van der Waals surface area (Å²) in [6, 6.07) is 0. The fraction of sp³-hybridized carbons (Fsp3) is 0.846. The second-order valence-corrected chi connectivity index (χ2v) is 5.75. The van der Waals surface area contributed by atoms with Gasteiger partial charge in [0.1, 0.15) is 0 Å². The summed E-state index contributed by atoms with van der Waals surface area (Å²) in [5.74, 6) is -1.86. The predicted molar refractivity (Wildman–Crippen MR) is 87.8 cm³/mol. The zero-order chi connectivity index (χ0) is 15.1. The number of hydrogen-bond donors (Lipinski definition) is 2. The smallest absolute Gasteiger partial charge is 0.303 e. The van der Waals surface area contributed by atoms with Gasteiger partial charge in [-0.1, -0.05) is 0 Å². The predicted octanol–water partition coefficient (Wildman–Crippen LogP) is 1.67. The van der Waals surface area contributed by atoms with Crippen molar-refractivity contribution in [1.82, 2.24) is 9.80 Å². The molecule has 6 nitrogen and oxygen atoms in total. The van der Waals surface area contributed by atoms with E-state index in [1.807, 2.05) is 38.0 Å². The number of nitrogens with zero attached hydrogens (tertiary/aromatic N) is 2. The molecular formula is C13H28Cl2N2O4. The molecular weight excluding hydrogens is 319 g/mol. The zero-order valence-corrected chi connectivity index (χ0v) is 14.8. The molecule has 128 valence electrons. The first-order valence-electron chi connectivity index (χ1n) is 6.40. The lowest BCUT2D eigenvalue weighted by Gasteiger charge is -2.33. The first-order chi connectivity index (χ1) is 8.67. The fourth-order valence-corrected chi connectivity index (χ4v) is 2.10. The first-order valence-corrected chi connectivity index (χ1v) is 6.40. The molecule has 0 unspecified atom stereocenters. The molecule has 8 heteroatoms. The molecule has 0 rings (SSSR count). The zero-order valence-electron chi connectivity index (χ0n) is 13.2. The van der Waals surface area contributed by atoms with E-state index in [1.54, 1.807) is 0 Å². The van der Waals surface area contributed by atoms with E-state index in [4.69, 9.17) is 10.2 Å². The Balaban J connectivity index is -0.00000162. The standard InChI is InChI=1S/C13H26N2O4.2ClH/c1-14(2)7-5-13(9-11(16)17,10-12(18)19)6-8-15(3)4;;/h5-10H2,1-4H3,(H,16,17)(H,18,19);2*1H. The van der Waals surface area contributed by atoms with Gasteiger partial charge in [0, 0.05) is 0 Å². The molecule has 0 aromatic heterocycles. The molecule has 0 aliphatic carbocycles. The molecule has 0 amide bonds. The Hall–Kier alpha value is -0.560. The third kappa shape index (κ3) is 12.9. The van der Waals surface area contributed by atoms with Crippen molar-refractivity contribution in [2.24, 2.45) is 5.41 Å². The number of halogens is 2. The van der Waals surface area contributed by atoms with Crippen molar-refractivity contribution in [3.05, 3.63) is 0 Å². The minimum absolute atomic E-state index is 0. The van der Waals surface area contributed by atoms with E-state index in [0.29, 0.717) is 25.9 Å². The summed E-state index contributed by atoms with van der Waals surface area (Å²) in [6.07, 6.45) is 0.959. The highest BCUT2D eigenvalue weighted by Crippen LogP contribution is 2.35. The van der Waals surface area contributed by atoms with Gasteiger partial charge in [-0.05, 0) is 59.5 Å². The lowest BCUT2D eigenvalue weighted by Crippen LogP contribution is -2.34. The van der Waals surface area contributed by atoms with Crippen molar-refractivity contribution in [3.8, 4) is 0 Å². The van der Waals surface area contributed by atoms with Crippen LogP contribution in [0.15, 0.2) is 0 Å². The van der Waals surface area contributed by atoms with Crippen molar-refractivity contribution in [2.75, 3.05) is 41.3 Å². The molecule has 0 spiro atoms. The fourth-order valence-electron chi connectivity index (χ4n) is 2.10. The maximum absolute atomic E-state index is 11.1. The number of carbonyl (C=O) groups is 2. The maximum Gasteiger partial charge on any atom is 0.303 e. The monoisotopic (exact) mass is 346 g/mol. The summed E-state index contributed by atoms with van der Waals surface area (Å²) in [4.78, 5) is 26.0. The van der Waals surface area contributed by atoms with Crippen LogP contribution in [-0.2, 0) is 9.59 Å². The Bertz CT molecular complexity index is 283. The Morgan fingerprint density at radius 3 is 1.29 bits per heavy atom. The second-order valence-electron chi connectivity index (χ2n) is 5.75. The minimum atomic E-state index is -0.932. The van der Waals surface area contributed by atoms with Gasteiger partial charge in [0.05, 0.1) is 12.8 Å². The van der Waals surface area contributed by atoms with Crippen molar-refractivity contribution in [1.29, 1.82) is 0 Å². The molecule has 0 atom stereocenters. The van der Waals surface area contributed by atoms with E-state index in [1.165, 1.54) is 0 Å². The Morgan fingerprint density at radius 2 is 1.10 bits per heavy atom. The molecule has 0 fully saturated rings. The van der Waals surface area contributed by atoms with Crippen molar-refractivity contribution >= 4 is 36.8 Å². The molecule has 0 aromatic rings.